The molecule has 34 heavy (non-hydrogen) atoms. The Bertz CT molecular complexity index is 1160. The molecular formula is C24H26ClFN4O4. The van der Waals surface area contributed by atoms with E-state index in [0.717, 1.165) is 0 Å². The predicted octanol–water partition coefficient (Wildman–Crippen LogP) is 3.69. The number of piperazine rings is 1. The average molecular weight is 489 g/mol. The number of hydrogen-bond donors (Lipinski definition) is 2. The number of ether oxygens (including phenoxy) is 1. The molecule has 0 aliphatic carbocycles. The Labute approximate surface area is 202 Å². The van der Waals surface area contributed by atoms with Crippen LogP contribution in [0.1, 0.15) is 31.1 Å². The van der Waals surface area contributed by atoms with E-state index in [-0.39, 0.29) is 64.1 Å². The molecule has 0 bridgehead atoms. The Hall–Kier alpha value is -3.33. The molecule has 2 N–H and O–H groups in total. The van der Waals surface area contributed by atoms with Gasteiger partial charge in [-0.05, 0) is 39.0 Å². The van der Waals surface area contributed by atoms with E-state index in [1.54, 1.807) is 9.80 Å². The number of phenols is 1. The van der Waals surface area contributed by atoms with Crippen molar-refractivity contribution in [3.05, 3.63) is 47.3 Å². The van der Waals surface area contributed by atoms with Crippen LogP contribution in [0.15, 0.2) is 30.9 Å². The Balaban J connectivity index is 1.87. The summed E-state index contributed by atoms with van der Waals surface area (Å²) in [5.74, 6) is -1.41. The van der Waals surface area contributed by atoms with E-state index in [9.17, 15) is 19.1 Å². The summed E-state index contributed by atoms with van der Waals surface area (Å²) in [5.41, 5.74) is -0.609. The summed E-state index contributed by atoms with van der Waals surface area (Å²) in [5, 5.41) is 13.5. The largest absolute Gasteiger partial charge is 0.507 e. The van der Waals surface area contributed by atoms with Gasteiger partial charge in [0.05, 0.1) is 11.6 Å². The minimum atomic E-state index is -0.716. The molecule has 1 aromatic carbocycles. The number of nitrogens with zero attached hydrogens (tertiary/aromatic N) is 3. The lowest BCUT2D eigenvalue weighted by molar-refractivity contribution is -0.128. The van der Waals surface area contributed by atoms with Crippen LogP contribution in [0.5, 0.6) is 11.5 Å². The predicted molar refractivity (Wildman–Crippen MR) is 127 cm³/mol. The van der Waals surface area contributed by atoms with Gasteiger partial charge in [-0.2, -0.15) is 0 Å². The zero-order chi connectivity index (χ0) is 24.8. The molecule has 8 nitrogen and oxygen atoms in total. The van der Waals surface area contributed by atoms with Crippen molar-refractivity contribution in [2.45, 2.75) is 32.4 Å². The molecule has 2 aliphatic heterocycles. The summed E-state index contributed by atoms with van der Waals surface area (Å²) in [6, 6.07) is 3.47. The number of benzene rings is 1. The second-order valence-corrected chi connectivity index (χ2v) is 9.67. The third kappa shape index (κ3) is 4.27. The van der Waals surface area contributed by atoms with Gasteiger partial charge in [0.15, 0.2) is 5.75 Å². The number of phenolic OH excluding ortho intramolecular Hbond substituents is 1. The molecule has 1 saturated heterocycles. The van der Waals surface area contributed by atoms with Crippen LogP contribution in [0.2, 0.25) is 5.02 Å². The number of aromatic nitrogens is 1. The first-order valence-electron chi connectivity index (χ1n) is 10.9. The first kappa shape index (κ1) is 23.8. The van der Waals surface area contributed by atoms with Crippen LogP contribution < -0.4 is 10.1 Å². The molecule has 0 radical (unpaired) electrons. The molecule has 2 aromatic rings. The van der Waals surface area contributed by atoms with Gasteiger partial charge in [-0.25, -0.2) is 9.37 Å². The van der Waals surface area contributed by atoms with Crippen molar-refractivity contribution in [2.75, 3.05) is 31.6 Å². The summed E-state index contributed by atoms with van der Waals surface area (Å²) < 4.78 is 20.8. The summed E-state index contributed by atoms with van der Waals surface area (Å²) >= 11 is 6.64. The molecular weight excluding hydrogens is 463 g/mol. The van der Waals surface area contributed by atoms with Gasteiger partial charge in [0, 0.05) is 25.2 Å². The maximum atomic E-state index is 14.7. The highest BCUT2D eigenvalue weighted by Crippen LogP contribution is 2.45. The maximum absolute atomic E-state index is 14.7. The third-order valence-corrected chi connectivity index (χ3v) is 6.03. The number of carbonyl (C=O) groups excluding carboxylic acids is 2. The van der Waals surface area contributed by atoms with Gasteiger partial charge in [-0.3, -0.25) is 9.59 Å². The van der Waals surface area contributed by atoms with Gasteiger partial charge < -0.3 is 25.0 Å². The number of nitrogens with one attached hydrogen (secondary N) is 1. The summed E-state index contributed by atoms with van der Waals surface area (Å²) in [6.45, 7) is 10.2. The summed E-state index contributed by atoms with van der Waals surface area (Å²) in [7, 11) is 0. The van der Waals surface area contributed by atoms with Gasteiger partial charge >= 0.3 is 0 Å². The lowest BCUT2D eigenvalue weighted by Crippen LogP contribution is -2.57. The molecule has 0 spiro atoms. The molecule has 10 heteroatoms. The van der Waals surface area contributed by atoms with Crippen molar-refractivity contribution >= 4 is 29.2 Å². The standard InChI is InChI=1S/C24H26ClFN4O4/c1-5-16(32)29-9-10-30-13(11-29)12-34-21-18(23(30)33)22(28-24(2,3)4)27-20(19(21)25)17-14(26)7-6-8-15(17)31/h5-8,13,31H,1,9-12H2,2-4H3,(H,27,28)/t13-/m1/s1. The summed E-state index contributed by atoms with van der Waals surface area (Å²) in [6.07, 6.45) is 1.24. The summed E-state index contributed by atoms with van der Waals surface area (Å²) in [4.78, 5) is 33.6. The van der Waals surface area contributed by atoms with Crippen LogP contribution in [-0.2, 0) is 4.79 Å². The van der Waals surface area contributed by atoms with Gasteiger partial charge in [0.2, 0.25) is 5.91 Å². The second-order valence-electron chi connectivity index (χ2n) is 9.29. The van der Waals surface area contributed by atoms with E-state index in [4.69, 9.17) is 16.3 Å². The number of carbonyl (C=O) groups is 2. The molecule has 180 valence electrons. The Morgan fingerprint density at radius 3 is 2.74 bits per heavy atom. The molecule has 4 rings (SSSR count). The van der Waals surface area contributed by atoms with Crippen molar-refractivity contribution in [3.63, 3.8) is 0 Å². The molecule has 1 aromatic heterocycles. The highest BCUT2D eigenvalue weighted by molar-refractivity contribution is 6.35. The molecule has 0 saturated carbocycles. The van der Waals surface area contributed by atoms with E-state index in [1.807, 2.05) is 20.8 Å². The highest BCUT2D eigenvalue weighted by atomic mass is 35.5. The van der Waals surface area contributed by atoms with Crippen LogP contribution in [0.25, 0.3) is 11.3 Å². The van der Waals surface area contributed by atoms with Crippen LogP contribution in [0.4, 0.5) is 10.2 Å². The van der Waals surface area contributed by atoms with Crippen molar-refractivity contribution in [1.82, 2.24) is 14.8 Å². The Kier molecular flexibility index (Phi) is 6.16. The number of aromatic hydroxyl groups is 1. The van der Waals surface area contributed by atoms with Gasteiger partial charge in [0.1, 0.15) is 40.3 Å². The lowest BCUT2D eigenvalue weighted by atomic mass is 10.0. The minimum Gasteiger partial charge on any atom is -0.507 e. The van der Waals surface area contributed by atoms with Crippen LogP contribution >= 0.6 is 11.6 Å². The quantitative estimate of drug-likeness (QED) is 0.640. The number of rotatable bonds is 3. The van der Waals surface area contributed by atoms with Crippen LogP contribution in [-0.4, -0.2) is 69.5 Å². The number of fused-ring (bicyclic) bond motifs is 2. The molecule has 1 fully saturated rings. The number of halogens is 2. The van der Waals surface area contributed by atoms with Crippen molar-refractivity contribution < 1.29 is 23.8 Å². The number of pyridine rings is 1. The second kappa shape index (κ2) is 8.79. The fraction of sp³-hybridized carbons (Fsp3) is 0.375. The first-order valence-corrected chi connectivity index (χ1v) is 11.2. The number of amides is 2. The van der Waals surface area contributed by atoms with Crippen molar-refractivity contribution in [3.8, 4) is 22.8 Å². The SMILES string of the molecule is C=CC(=O)N1CCN2C(=O)c3c(NC(C)(C)C)nc(-c4c(O)cccc4F)c(Cl)c3OC[C@H]2C1. The molecule has 2 amide bonds. The molecule has 1 atom stereocenters. The normalized spacial score (nSPS) is 17.9. The highest BCUT2D eigenvalue weighted by Gasteiger charge is 2.40. The van der Waals surface area contributed by atoms with Crippen molar-refractivity contribution in [1.29, 1.82) is 0 Å². The van der Waals surface area contributed by atoms with Crippen LogP contribution in [0.3, 0.4) is 0 Å². The van der Waals surface area contributed by atoms with E-state index >= 15 is 0 Å². The van der Waals surface area contributed by atoms with Crippen LogP contribution in [0, 0.1) is 5.82 Å². The number of anilines is 1. The van der Waals surface area contributed by atoms with Crippen molar-refractivity contribution in [2.24, 2.45) is 0 Å². The zero-order valence-corrected chi connectivity index (χ0v) is 19.9. The Morgan fingerprint density at radius 1 is 1.35 bits per heavy atom. The smallest absolute Gasteiger partial charge is 0.261 e. The van der Waals surface area contributed by atoms with E-state index in [1.165, 1.54) is 24.3 Å². The molecule has 0 unspecified atom stereocenters. The monoisotopic (exact) mass is 488 g/mol. The van der Waals surface area contributed by atoms with E-state index in [2.05, 4.69) is 16.9 Å². The number of hydrogen-bond acceptors (Lipinski definition) is 6. The fourth-order valence-electron chi connectivity index (χ4n) is 4.15. The van der Waals surface area contributed by atoms with Gasteiger partial charge in [-0.15, -0.1) is 0 Å². The lowest BCUT2D eigenvalue weighted by Gasteiger charge is -2.39. The van der Waals surface area contributed by atoms with Gasteiger partial charge in [0.25, 0.3) is 5.91 Å². The molecule has 3 heterocycles. The Morgan fingerprint density at radius 2 is 2.09 bits per heavy atom. The van der Waals surface area contributed by atoms with E-state index in [0.29, 0.717) is 13.1 Å². The fourth-order valence-corrected chi connectivity index (χ4v) is 4.44. The zero-order valence-electron chi connectivity index (χ0n) is 19.2. The third-order valence-electron chi connectivity index (χ3n) is 5.68. The first-order chi connectivity index (χ1) is 16.0. The minimum absolute atomic E-state index is 0.0427. The topological polar surface area (TPSA) is 95.0 Å². The maximum Gasteiger partial charge on any atom is 0.261 e. The molecule has 2 aliphatic rings. The van der Waals surface area contributed by atoms with E-state index < -0.39 is 17.4 Å². The van der Waals surface area contributed by atoms with Gasteiger partial charge in [-0.1, -0.05) is 24.2 Å². The average Bonchev–Trinajstić information content (AvgIpc) is 2.91.